The zero-order chi connectivity index (χ0) is 23.8. The van der Waals surface area contributed by atoms with E-state index in [0.717, 1.165) is 43.9 Å². The number of aromatic nitrogens is 2. The molecule has 1 N–H and O–H groups in total. The lowest BCUT2D eigenvalue weighted by Crippen LogP contribution is -2.47. The number of imidazole rings is 1. The van der Waals surface area contributed by atoms with E-state index in [2.05, 4.69) is 16.0 Å². The molecule has 0 atom stereocenters. The molecule has 4 rings (SSSR count). The van der Waals surface area contributed by atoms with Crippen molar-refractivity contribution in [1.29, 1.82) is 0 Å². The number of ether oxygens (including phenoxy) is 3. The Labute approximate surface area is 199 Å². The summed E-state index contributed by atoms with van der Waals surface area (Å²) in [5.74, 6) is 1.21. The lowest BCUT2D eigenvalue weighted by atomic mass is 9.92. The Balaban J connectivity index is 1.24. The third-order valence-electron chi connectivity index (χ3n) is 6.13. The molecular formula is C26H32FN3O4. The Kier molecular flexibility index (Phi) is 8.03. The first kappa shape index (κ1) is 24.0. The van der Waals surface area contributed by atoms with Crippen LogP contribution in [0.1, 0.15) is 24.8 Å². The van der Waals surface area contributed by atoms with Crippen molar-refractivity contribution < 1.29 is 23.7 Å². The number of nitrogens with zero attached hydrogens (tertiary/aromatic N) is 3. The SMILES string of the molecule is COc1cc(CN2CCC(O)(COc3ccccc3F)CC2)ccc1OCCCn1ccnc1. The minimum atomic E-state index is -0.953. The minimum absolute atomic E-state index is 0.0858. The second kappa shape index (κ2) is 11.4. The van der Waals surface area contributed by atoms with Crippen LogP contribution in [0.4, 0.5) is 4.39 Å². The molecule has 2 aromatic carbocycles. The first-order chi connectivity index (χ1) is 16.5. The van der Waals surface area contributed by atoms with Gasteiger partial charge in [0.25, 0.3) is 0 Å². The number of methoxy groups -OCH3 is 1. The number of benzene rings is 2. The third-order valence-corrected chi connectivity index (χ3v) is 6.13. The van der Waals surface area contributed by atoms with Gasteiger partial charge in [-0.15, -0.1) is 0 Å². The molecule has 3 aromatic rings. The predicted octanol–water partition coefficient (Wildman–Crippen LogP) is 3.91. The summed E-state index contributed by atoms with van der Waals surface area (Å²) in [6, 6.07) is 12.3. The molecule has 2 heterocycles. The van der Waals surface area contributed by atoms with Crippen LogP contribution in [0.3, 0.4) is 0 Å². The van der Waals surface area contributed by atoms with E-state index in [1.54, 1.807) is 37.8 Å². The van der Waals surface area contributed by atoms with Crippen LogP contribution in [0.2, 0.25) is 0 Å². The fourth-order valence-corrected chi connectivity index (χ4v) is 4.08. The first-order valence-electron chi connectivity index (χ1n) is 11.6. The summed E-state index contributed by atoms with van der Waals surface area (Å²) >= 11 is 0. The van der Waals surface area contributed by atoms with E-state index in [-0.39, 0.29) is 12.4 Å². The molecule has 0 bridgehead atoms. The molecule has 0 spiro atoms. The van der Waals surface area contributed by atoms with Gasteiger partial charge >= 0.3 is 0 Å². The van der Waals surface area contributed by atoms with E-state index in [1.807, 2.05) is 22.9 Å². The Bertz CT molecular complexity index is 1040. The van der Waals surface area contributed by atoms with E-state index < -0.39 is 11.4 Å². The summed E-state index contributed by atoms with van der Waals surface area (Å²) in [5, 5.41) is 10.9. The van der Waals surface area contributed by atoms with Gasteiger partial charge in [0.1, 0.15) is 12.2 Å². The van der Waals surface area contributed by atoms with Crippen LogP contribution in [0, 0.1) is 5.82 Å². The first-order valence-corrected chi connectivity index (χ1v) is 11.6. The number of hydrogen-bond donors (Lipinski definition) is 1. The fourth-order valence-electron chi connectivity index (χ4n) is 4.08. The lowest BCUT2D eigenvalue weighted by molar-refractivity contribution is -0.0543. The van der Waals surface area contributed by atoms with Crippen LogP contribution in [-0.4, -0.2) is 58.6 Å². The van der Waals surface area contributed by atoms with Crippen molar-refractivity contribution >= 4 is 0 Å². The van der Waals surface area contributed by atoms with Crippen molar-refractivity contribution in [3.8, 4) is 17.2 Å². The zero-order valence-electron chi connectivity index (χ0n) is 19.5. The standard InChI is InChI=1S/C26H32FN3O4/c1-32-25-17-21(7-8-24(25)33-16-4-12-30-15-11-28-20-30)18-29-13-9-26(31,10-14-29)19-34-23-6-3-2-5-22(23)27/h2-3,5-8,11,15,17,20,31H,4,9-10,12-14,16,18-19H2,1H3. The molecule has 1 aliphatic heterocycles. The molecule has 0 amide bonds. The number of piperidine rings is 1. The van der Waals surface area contributed by atoms with Gasteiger partial charge in [0, 0.05) is 38.6 Å². The van der Waals surface area contributed by atoms with E-state index >= 15 is 0 Å². The van der Waals surface area contributed by atoms with Gasteiger partial charge in [-0.25, -0.2) is 9.37 Å². The number of aryl methyl sites for hydroxylation is 1. The van der Waals surface area contributed by atoms with Crippen molar-refractivity contribution in [1.82, 2.24) is 14.5 Å². The molecule has 0 aliphatic carbocycles. The van der Waals surface area contributed by atoms with E-state index in [1.165, 1.54) is 6.07 Å². The Morgan fingerprint density at radius 2 is 1.88 bits per heavy atom. The second-order valence-electron chi connectivity index (χ2n) is 8.71. The van der Waals surface area contributed by atoms with Crippen molar-refractivity contribution in [2.24, 2.45) is 0 Å². The van der Waals surface area contributed by atoms with Crippen LogP contribution in [-0.2, 0) is 13.1 Å². The normalized spacial score (nSPS) is 15.7. The van der Waals surface area contributed by atoms with Crippen molar-refractivity contribution in [3.63, 3.8) is 0 Å². The van der Waals surface area contributed by atoms with Crippen molar-refractivity contribution in [2.45, 2.75) is 38.0 Å². The minimum Gasteiger partial charge on any atom is -0.493 e. The molecule has 7 nitrogen and oxygen atoms in total. The monoisotopic (exact) mass is 469 g/mol. The van der Waals surface area contributed by atoms with E-state index in [9.17, 15) is 9.50 Å². The number of likely N-dealkylation sites (tertiary alicyclic amines) is 1. The van der Waals surface area contributed by atoms with Crippen LogP contribution < -0.4 is 14.2 Å². The summed E-state index contributed by atoms with van der Waals surface area (Å²) in [6.07, 6.45) is 7.51. The molecule has 0 unspecified atom stereocenters. The van der Waals surface area contributed by atoms with E-state index in [0.29, 0.717) is 25.2 Å². The maximum Gasteiger partial charge on any atom is 0.165 e. The molecule has 0 radical (unpaired) electrons. The van der Waals surface area contributed by atoms with Gasteiger partial charge in [0.2, 0.25) is 0 Å². The zero-order valence-corrected chi connectivity index (χ0v) is 19.5. The Morgan fingerprint density at radius 3 is 2.62 bits per heavy atom. The van der Waals surface area contributed by atoms with Gasteiger partial charge in [0.15, 0.2) is 23.1 Å². The average Bonchev–Trinajstić information content (AvgIpc) is 3.37. The number of hydrogen-bond acceptors (Lipinski definition) is 6. The highest BCUT2D eigenvalue weighted by Gasteiger charge is 2.33. The topological polar surface area (TPSA) is 69.0 Å². The molecule has 8 heteroatoms. The van der Waals surface area contributed by atoms with Crippen LogP contribution in [0.5, 0.6) is 17.2 Å². The number of halogens is 1. The molecular weight excluding hydrogens is 437 g/mol. The molecule has 1 aromatic heterocycles. The lowest BCUT2D eigenvalue weighted by Gasteiger charge is -2.38. The Morgan fingerprint density at radius 1 is 1.06 bits per heavy atom. The predicted molar refractivity (Wildman–Crippen MR) is 127 cm³/mol. The van der Waals surface area contributed by atoms with Gasteiger partial charge in [-0.3, -0.25) is 4.90 Å². The summed E-state index contributed by atoms with van der Waals surface area (Å²) in [4.78, 5) is 6.33. The smallest absolute Gasteiger partial charge is 0.165 e. The fraction of sp³-hybridized carbons (Fsp3) is 0.423. The highest BCUT2D eigenvalue weighted by Crippen LogP contribution is 2.30. The van der Waals surface area contributed by atoms with Crippen LogP contribution in [0.15, 0.2) is 61.2 Å². The highest BCUT2D eigenvalue weighted by molar-refractivity contribution is 5.43. The molecule has 1 aliphatic rings. The third kappa shape index (κ3) is 6.48. The highest BCUT2D eigenvalue weighted by atomic mass is 19.1. The van der Waals surface area contributed by atoms with E-state index in [4.69, 9.17) is 14.2 Å². The second-order valence-corrected chi connectivity index (χ2v) is 8.71. The van der Waals surface area contributed by atoms with Crippen molar-refractivity contribution in [3.05, 3.63) is 72.6 Å². The number of para-hydroxylation sites is 1. The molecule has 1 saturated heterocycles. The Hall–Kier alpha value is -3.10. The number of aliphatic hydroxyl groups is 1. The summed E-state index contributed by atoms with van der Waals surface area (Å²) < 4.78 is 32.8. The quantitative estimate of drug-likeness (QED) is 0.430. The van der Waals surface area contributed by atoms with Gasteiger partial charge in [-0.1, -0.05) is 18.2 Å². The van der Waals surface area contributed by atoms with Gasteiger partial charge < -0.3 is 23.9 Å². The maximum absolute atomic E-state index is 13.8. The largest absolute Gasteiger partial charge is 0.493 e. The molecule has 1 fully saturated rings. The maximum atomic E-state index is 13.8. The van der Waals surface area contributed by atoms with Crippen LogP contribution >= 0.6 is 0 Å². The molecule has 34 heavy (non-hydrogen) atoms. The van der Waals surface area contributed by atoms with Crippen molar-refractivity contribution in [2.75, 3.05) is 33.4 Å². The summed E-state index contributed by atoms with van der Waals surface area (Å²) in [5.41, 5.74) is 0.167. The summed E-state index contributed by atoms with van der Waals surface area (Å²) in [6.45, 7) is 3.74. The molecule has 182 valence electrons. The van der Waals surface area contributed by atoms with Gasteiger partial charge in [-0.2, -0.15) is 0 Å². The summed E-state index contributed by atoms with van der Waals surface area (Å²) in [7, 11) is 1.65. The van der Waals surface area contributed by atoms with Gasteiger partial charge in [0.05, 0.1) is 20.0 Å². The number of rotatable bonds is 11. The molecule has 0 saturated carbocycles. The van der Waals surface area contributed by atoms with Gasteiger partial charge in [-0.05, 0) is 49.1 Å². The van der Waals surface area contributed by atoms with Crippen LogP contribution in [0.25, 0.3) is 0 Å². The average molecular weight is 470 g/mol.